The molecular formula is C16H21N3O3S. The van der Waals surface area contributed by atoms with Gasteiger partial charge in [-0.25, -0.2) is 9.78 Å². The minimum absolute atomic E-state index is 0.0630. The van der Waals surface area contributed by atoms with E-state index in [-0.39, 0.29) is 12.6 Å². The predicted molar refractivity (Wildman–Crippen MR) is 91.0 cm³/mol. The Morgan fingerprint density at radius 3 is 2.87 bits per heavy atom. The van der Waals surface area contributed by atoms with Gasteiger partial charge in [0, 0.05) is 11.9 Å². The van der Waals surface area contributed by atoms with Crippen LogP contribution in [0.3, 0.4) is 0 Å². The Balaban J connectivity index is 1.86. The highest BCUT2D eigenvalue weighted by Gasteiger charge is 2.11. The van der Waals surface area contributed by atoms with Crippen LogP contribution in [0.1, 0.15) is 31.2 Å². The molecule has 0 fully saturated rings. The zero-order valence-electron chi connectivity index (χ0n) is 13.4. The number of hydrogen-bond acceptors (Lipinski definition) is 5. The standard InChI is InChI=1S/C16H21N3O3S/c1-10(2)22-13-6-4-5-12(7-13)14(20)8-17-15(21)19-16-18-11(3)9-23-16/h4-7,9-10,14,20H,8H2,1-3H3,(H2,17,18,19,21)/t14-/m0/s1. The smallest absolute Gasteiger partial charge is 0.321 e. The van der Waals surface area contributed by atoms with Crippen molar-refractivity contribution in [3.8, 4) is 5.75 Å². The third kappa shape index (κ3) is 5.54. The van der Waals surface area contributed by atoms with E-state index in [1.165, 1.54) is 11.3 Å². The summed E-state index contributed by atoms with van der Waals surface area (Å²) in [7, 11) is 0. The molecule has 0 aliphatic rings. The molecule has 0 spiro atoms. The van der Waals surface area contributed by atoms with E-state index in [1.807, 2.05) is 38.3 Å². The molecule has 2 amide bonds. The van der Waals surface area contributed by atoms with E-state index in [2.05, 4.69) is 15.6 Å². The van der Waals surface area contributed by atoms with Crippen LogP contribution in [0.2, 0.25) is 0 Å². The van der Waals surface area contributed by atoms with Crippen molar-refractivity contribution in [3.63, 3.8) is 0 Å². The van der Waals surface area contributed by atoms with Crippen molar-refractivity contribution >= 4 is 22.5 Å². The van der Waals surface area contributed by atoms with Crippen molar-refractivity contribution in [2.75, 3.05) is 11.9 Å². The first kappa shape index (κ1) is 17.2. The topological polar surface area (TPSA) is 83.5 Å². The minimum Gasteiger partial charge on any atom is -0.491 e. The summed E-state index contributed by atoms with van der Waals surface area (Å²) < 4.78 is 5.59. The second-order valence-electron chi connectivity index (χ2n) is 5.38. The fraction of sp³-hybridized carbons (Fsp3) is 0.375. The SMILES string of the molecule is Cc1csc(NC(=O)NC[C@H](O)c2cccc(OC(C)C)c2)n1. The number of aryl methyl sites for hydroxylation is 1. The zero-order chi connectivity index (χ0) is 16.8. The van der Waals surface area contributed by atoms with E-state index < -0.39 is 12.1 Å². The normalized spacial score (nSPS) is 12.0. The number of nitrogens with zero attached hydrogens (tertiary/aromatic N) is 1. The largest absolute Gasteiger partial charge is 0.491 e. The Morgan fingerprint density at radius 1 is 1.43 bits per heavy atom. The molecule has 3 N–H and O–H groups in total. The first-order chi connectivity index (χ1) is 10.9. The zero-order valence-corrected chi connectivity index (χ0v) is 14.2. The van der Waals surface area contributed by atoms with Crippen LogP contribution in [0.4, 0.5) is 9.93 Å². The number of carbonyl (C=O) groups is 1. The molecule has 0 unspecified atom stereocenters. The van der Waals surface area contributed by atoms with Crippen molar-refractivity contribution in [2.24, 2.45) is 0 Å². The Labute approximate surface area is 139 Å². The van der Waals surface area contributed by atoms with Crippen LogP contribution in [-0.4, -0.2) is 28.8 Å². The van der Waals surface area contributed by atoms with Gasteiger partial charge >= 0.3 is 6.03 Å². The molecule has 0 saturated heterocycles. The summed E-state index contributed by atoms with van der Waals surface area (Å²) in [5.74, 6) is 0.694. The summed E-state index contributed by atoms with van der Waals surface area (Å²) in [6.45, 7) is 5.83. The number of aromatic nitrogens is 1. The molecule has 7 heteroatoms. The van der Waals surface area contributed by atoms with Crippen LogP contribution in [0.25, 0.3) is 0 Å². The molecule has 1 heterocycles. The van der Waals surface area contributed by atoms with E-state index in [9.17, 15) is 9.90 Å². The lowest BCUT2D eigenvalue weighted by Gasteiger charge is -2.15. The van der Waals surface area contributed by atoms with E-state index in [1.54, 1.807) is 12.1 Å². The van der Waals surface area contributed by atoms with Gasteiger partial charge in [-0.3, -0.25) is 5.32 Å². The number of thiazole rings is 1. The number of urea groups is 1. The minimum atomic E-state index is -0.811. The van der Waals surface area contributed by atoms with Crippen LogP contribution >= 0.6 is 11.3 Å². The fourth-order valence-electron chi connectivity index (χ4n) is 1.93. The van der Waals surface area contributed by atoms with Crippen LogP contribution in [0.5, 0.6) is 5.75 Å². The quantitative estimate of drug-likeness (QED) is 0.757. The fourth-order valence-corrected chi connectivity index (χ4v) is 2.61. The first-order valence-corrected chi connectivity index (χ1v) is 8.23. The predicted octanol–water partition coefficient (Wildman–Crippen LogP) is 3.09. The molecule has 2 aromatic rings. The number of carbonyl (C=O) groups excluding carboxylic acids is 1. The van der Waals surface area contributed by atoms with Gasteiger partial charge in [0.05, 0.1) is 17.9 Å². The lowest BCUT2D eigenvalue weighted by atomic mass is 10.1. The second-order valence-corrected chi connectivity index (χ2v) is 6.24. The van der Waals surface area contributed by atoms with Gasteiger partial charge < -0.3 is 15.2 Å². The van der Waals surface area contributed by atoms with Crippen LogP contribution in [0.15, 0.2) is 29.6 Å². The van der Waals surface area contributed by atoms with Gasteiger partial charge in [-0.05, 0) is 38.5 Å². The van der Waals surface area contributed by atoms with Gasteiger partial charge in [0.15, 0.2) is 5.13 Å². The molecular weight excluding hydrogens is 314 g/mol. The Bertz CT molecular complexity index is 658. The molecule has 0 aliphatic heterocycles. The van der Waals surface area contributed by atoms with E-state index in [4.69, 9.17) is 4.74 Å². The number of aliphatic hydroxyl groups is 1. The Hall–Kier alpha value is -2.12. The molecule has 0 saturated carbocycles. The van der Waals surface area contributed by atoms with Crippen molar-refractivity contribution < 1.29 is 14.6 Å². The van der Waals surface area contributed by atoms with E-state index in [0.29, 0.717) is 16.4 Å². The highest BCUT2D eigenvalue weighted by atomic mass is 32.1. The average Bonchev–Trinajstić information content (AvgIpc) is 2.89. The summed E-state index contributed by atoms with van der Waals surface area (Å²) in [6.07, 6.45) is -0.748. The summed E-state index contributed by atoms with van der Waals surface area (Å²) in [6, 6.07) is 6.82. The number of rotatable bonds is 6. The maximum atomic E-state index is 11.8. The lowest BCUT2D eigenvalue weighted by molar-refractivity contribution is 0.174. The third-order valence-electron chi connectivity index (χ3n) is 2.91. The number of nitrogens with one attached hydrogen (secondary N) is 2. The number of aliphatic hydroxyl groups excluding tert-OH is 1. The number of ether oxygens (including phenoxy) is 1. The summed E-state index contributed by atoms with van der Waals surface area (Å²) in [5, 5.41) is 17.8. The third-order valence-corrected chi connectivity index (χ3v) is 3.79. The highest BCUT2D eigenvalue weighted by Crippen LogP contribution is 2.20. The molecule has 0 bridgehead atoms. The Kier molecular flexibility index (Phi) is 5.95. The number of hydrogen-bond donors (Lipinski definition) is 3. The van der Waals surface area contributed by atoms with Gasteiger partial charge in [-0.2, -0.15) is 0 Å². The lowest BCUT2D eigenvalue weighted by Crippen LogP contribution is -2.32. The number of benzene rings is 1. The van der Waals surface area contributed by atoms with Crippen LogP contribution < -0.4 is 15.4 Å². The van der Waals surface area contributed by atoms with Crippen molar-refractivity contribution in [3.05, 3.63) is 40.9 Å². The first-order valence-electron chi connectivity index (χ1n) is 7.35. The number of amides is 2. The highest BCUT2D eigenvalue weighted by molar-refractivity contribution is 7.13. The van der Waals surface area contributed by atoms with Crippen LogP contribution in [-0.2, 0) is 0 Å². The molecule has 1 atom stereocenters. The molecule has 2 rings (SSSR count). The van der Waals surface area contributed by atoms with Gasteiger partial charge in [0.2, 0.25) is 0 Å². The maximum Gasteiger partial charge on any atom is 0.321 e. The molecule has 0 aliphatic carbocycles. The molecule has 6 nitrogen and oxygen atoms in total. The summed E-state index contributed by atoms with van der Waals surface area (Å²) >= 11 is 1.35. The van der Waals surface area contributed by atoms with Crippen molar-refractivity contribution in [2.45, 2.75) is 33.0 Å². The Morgan fingerprint density at radius 2 is 2.22 bits per heavy atom. The molecule has 23 heavy (non-hydrogen) atoms. The van der Waals surface area contributed by atoms with Gasteiger partial charge in [0.25, 0.3) is 0 Å². The van der Waals surface area contributed by atoms with Gasteiger partial charge in [-0.1, -0.05) is 12.1 Å². The van der Waals surface area contributed by atoms with Crippen molar-refractivity contribution in [1.29, 1.82) is 0 Å². The molecule has 0 radical (unpaired) electrons. The number of anilines is 1. The second kappa shape index (κ2) is 7.94. The average molecular weight is 335 g/mol. The van der Waals surface area contributed by atoms with Crippen LogP contribution in [0, 0.1) is 6.92 Å². The summed E-state index contributed by atoms with van der Waals surface area (Å²) in [5.41, 5.74) is 1.54. The van der Waals surface area contributed by atoms with Crippen molar-refractivity contribution in [1.82, 2.24) is 10.3 Å². The summed E-state index contributed by atoms with van der Waals surface area (Å²) in [4.78, 5) is 15.9. The molecule has 1 aromatic carbocycles. The van der Waals surface area contributed by atoms with E-state index in [0.717, 1.165) is 5.69 Å². The van der Waals surface area contributed by atoms with Gasteiger partial charge in [0.1, 0.15) is 5.75 Å². The molecule has 1 aromatic heterocycles. The molecule has 124 valence electrons. The van der Waals surface area contributed by atoms with E-state index >= 15 is 0 Å². The van der Waals surface area contributed by atoms with Gasteiger partial charge in [-0.15, -0.1) is 11.3 Å². The monoisotopic (exact) mass is 335 g/mol. The maximum absolute atomic E-state index is 11.8.